The summed E-state index contributed by atoms with van der Waals surface area (Å²) in [6.07, 6.45) is 3.92. The third-order valence-corrected chi connectivity index (χ3v) is 3.39. The van der Waals surface area contributed by atoms with Crippen molar-refractivity contribution in [2.24, 2.45) is 5.73 Å². The summed E-state index contributed by atoms with van der Waals surface area (Å²) in [5.41, 5.74) is 6.80. The van der Waals surface area contributed by atoms with Crippen LogP contribution in [0.2, 0.25) is 0 Å². The molecule has 16 heavy (non-hydrogen) atoms. The molecule has 1 unspecified atom stereocenters. The molecule has 1 aromatic heterocycles. The maximum absolute atomic E-state index is 11.8. The van der Waals surface area contributed by atoms with E-state index in [0.717, 1.165) is 5.56 Å². The lowest BCUT2D eigenvalue weighted by Gasteiger charge is -2.34. The van der Waals surface area contributed by atoms with Crippen LogP contribution >= 0.6 is 0 Å². The molecule has 4 heteroatoms. The lowest BCUT2D eigenvalue weighted by molar-refractivity contribution is -0.131. The molecule has 0 spiro atoms. The highest BCUT2D eigenvalue weighted by atomic mass is 16.2. The number of hydrogen-bond donors (Lipinski definition) is 1. The molecule has 1 aliphatic rings. The van der Waals surface area contributed by atoms with Crippen LogP contribution in [0.3, 0.4) is 0 Å². The lowest BCUT2D eigenvalue weighted by Crippen LogP contribution is -2.49. The molecule has 1 saturated heterocycles. The fourth-order valence-corrected chi connectivity index (χ4v) is 2.03. The Kier molecular flexibility index (Phi) is 2.68. The SMILES string of the molecule is CC1(C)C(N)CC(=O)N1Cc1ccncc1. The van der Waals surface area contributed by atoms with Crippen molar-refractivity contribution >= 4 is 5.91 Å². The molecular formula is C12H17N3O. The minimum atomic E-state index is -0.264. The van der Waals surface area contributed by atoms with Gasteiger partial charge in [-0.15, -0.1) is 0 Å². The standard InChI is InChI=1S/C12H17N3O/c1-12(2)10(13)7-11(16)15(12)8-9-3-5-14-6-4-9/h3-6,10H,7-8,13H2,1-2H3. The highest BCUT2D eigenvalue weighted by Gasteiger charge is 2.43. The van der Waals surface area contributed by atoms with Crippen molar-refractivity contribution in [2.75, 3.05) is 0 Å². The van der Waals surface area contributed by atoms with E-state index in [0.29, 0.717) is 13.0 Å². The largest absolute Gasteiger partial charge is 0.332 e. The normalized spacial score (nSPS) is 23.8. The topological polar surface area (TPSA) is 59.2 Å². The van der Waals surface area contributed by atoms with Gasteiger partial charge in [-0.2, -0.15) is 0 Å². The van der Waals surface area contributed by atoms with Crippen molar-refractivity contribution in [2.45, 2.75) is 38.4 Å². The molecule has 0 radical (unpaired) electrons. The summed E-state index contributed by atoms with van der Waals surface area (Å²) in [7, 11) is 0. The quantitative estimate of drug-likeness (QED) is 0.804. The van der Waals surface area contributed by atoms with Crippen molar-refractivity contribution in [1.29, 1.82) is 0 Å². The van der Waals surface area contributed by atoms with Crippen molar-refractivity contribution < 1.29 is 4.79 Å². The van der Waals surface area contributed by atoms with E-state index in [1.54, 1.807) is 12.4 Å². The molecule has 2 rings (SSSR count). The first kappa shape index (κ1) is 11.1. The summed E-state index contributed by atoms with van der Waals surface area (Å²) in [5.74, 6) is 0.134. The van der Waals surface area contributed by atoms with Crippen LogP contribution in [0.25, 0.3) is 0 Å². The van der Waals surface area contributed by atoms with E-state index in [4.69, 9.17) is 5.73 Å². The van der Waals surface area contributed by atoms with Gasteiger partial charge in [-0.3, -0.25) is 9.78 Å². The number of carbonyl (C=O) groups excluding carboxylic acids is 1. The summed E-state index contributed by atoms with van der Waals surface area (Å²) < 4.78 is 0. The summed E-state index contributed by atoms with van der Waals surface area (Å²) in [5, 5.41) is 0. The second-order valence-electron chi connectivity index (χ2n) is 4.80. The zero-order valence-corrected chi connectivity index (χ0v) is 9.68. The molecule has 0 bridgehead atoms. The van der Waals surface area contributed by atoms with Crippen molar-refractivity contribution in [3.63, 3.8) is 0 Å². The van der Waals surface area contributed by atoms with Crippen molar-refractivity contribution in [3.8, 4) is 0 Å². The molecular weight excluding hydrogens is 202 g/mol. The monoisotopic (exact) mass is 219 g/mol. The smallest absolute Gasteiger partial charge is 0.225 e. The number of likely N-dealkylation sites (tertiary alicyclic amines) is 1. The minimum absolute atomic E-state index is 0.0816. The van der Waals surface area contributed by atoms with Gasteiger partial charge in [0.15, 0.2) is 0 Å². The maximum Gasteiger partial charge on any atom is 0.225 e. The number of pyridine rings is 1. The molecule has 86 valence electrons. The van der Waals surface area contributed by atoms with Crippen molar-refractivity contribution in [3.05, 3.63) is 30.1 Å². The van der Waals surface area contributed by atoms with Crippen LogP contribution < -0.4 is 5.73 Å². The summed E-state index contributed by atoms with van der Waals surface area (Å²) in [4.78, 5) is 17.7. The number of hydrogen-bond acceptors (Lipinski definition) is 3. The molecule has 1 atom stereocenters. The summed E-state index contributed by atoms with van der Waals surface area (Å²) in [6.45, 7) is 4.65. The molecule has 0 aliphatic carbocycles. The second-order valence-corrected chi connectivity index (χ2v) is 4.80. The van der Waals surface area contributed by atoms with Crippen LogP contribution in [-0.4, -0.2) is 27.4 Å². The van der Waals surface area contributed by atoms with Gasteiger partial charge in [0.25, 0.3) is 0 Å². The van der Waals surface area contributed by atoms with E-state index in [-0.39, 0.29) is 17.5 Å². The van der Waals surface area contributed by atoms with Gasteiger partial charge in [0.05, 0.1) is 5.54 Å². The highest BCUT2D eigenvalue weighted by molar-refractivity contribution is 5.80. The Morgan fingerprint density at radius 3 is 2.62 bits per heavy atom. The lowest BCUT2D eigenvalue weighted by atomic mass is 9.96. The Balaban J connectivity index is 2.19. The van der Waals surface area contributed by atoms with Gasteiger partial charge in [0.1, 0.15) is 0 Å². The Labute approximate surface area is 95.5 Å². The number of amides is 1. The first-order valence-corrected chi connectivity index (χ1v) is 5.47. The van der Waals surface area contributed by atoms with Crippen LogP contribution in [-0.2, 0) is 11.3 Å². The van der Waals surface area contributed by atoms with E-state index in [1.807, 2.05) is 30.9 Å². The van der Waals surface area contributed by atoms with Gasteiger partial charge < -0.3 is 10.6 Å². The maximum atomic E-state index is 11.8. The average Bonchev–Trinajstić information content (AvgIpc) is 2.43. The van der Waals surface area contributed by atoms with Gasteiger partial charge in [-0.25, -0.2) is 0 Å². The Morgan fingerprint density at radius 1 is 1.50 bits per heavy atom. The molecule has 2 N–H and O–H groups in total. The third kappa shape index (κ3) is 1.80. The molecule has 0 aromatic carbocycles. The van der Waals surface area contributed by atoms with Crippen LogP contribution in [0.5, 0.6) is 0 Å². The molecule has 1 amide bonds. The number of nitrogens with two attached hydrogens (primary N) is 1. The summed E-state index contributed by atoms with van der Waals surface area (Å²) >= 11 is 0. The molecule has 0 saturated carbocycles. The van der Waals surface area contributed by atoms with Crippen molar-refractivity contribution in [1.82, 2.24) is 9.88 Å². The zero-order chi connectivity index (χ0) is 11.8. The number of carbonyl (C=O) groups is 1. The number of aromatic nitrogens is 1. The molecule has 1 aliphatic heterocycles. The molecule has 1 fully saturated rings. The zero-order valence-electron chi connectivity index (χ0n) is 9.68. The fraction of sp³-hybridized carbons (Fsp3) is 0.500. The Hall–Kier alpha value is -1.42. The predicted molar refractivity (Wildman–Crippen MR) is 61.5 cm³/mol. The average molecular weight is 219 g/mol. The van der Waals surface area contributed by atoms with Crippen LogP contribution in [0, 0.1) is 0 Å². The van der Waals surface area contributed by atoms with E-state index in [1.165, 1.54) is 0 Å². The molecule has 4 nitrogen and oxygen atoms in total. The Morgan fingerprint density at radius 2 is 2.12 bits per heavy atom. The van der Waals surface area contributed by atoms with Gasteiger partial charge in [0.2, 0.25) is 5.91 Å². The van der Waals surface area contributed by atoms with Gasteiger partial charge >= 0.3 is 0 Å². The van der Waals surface area contributed by atoms with Crippen LogP contribution in [0.15, 0.2) is 24.5 Å². The number of nitrogens with zero attached hydrogens (tertiary/aromatic N) is 2. The molecule has 2 heterocycles. The van der Waals surface area contributed by atoms with E-state index in [2.05, 4.69) is 4.98 Å². The highest BCUT2D eigenvalue weighted by Crippen LogP contribution is 2.29. The number of rotatable bonds is 2. The minimum Gasteiger partial charge on any atom is -0.332 e. The van der Waals surface area contributed by atoms with Crippen LogP contribution in [0.4, 0.5) is 0 Å². The first-order valence-electron chi connectivity index (χ1n) is 5.47. The predicted octanol–water partition coefficient (Wildman–Crippen LogP) is 0.920. The first-order chi connectivity index (χ1) is 7.51. The second kappa shape index (κ2) is 3.87. The van der Waals surface area contributed by atoms with E-state index < -0.39 is 0 Å². The van der Waals surface area contributed by atoms with Crippen LogP contribution in [0.1, 0.15) is 25.8 Å². The van der Waals surface area contributed by atoms with E-state index in [9.17, 15) is 4.79 Å². The van der Waals surface area contributed by atoms with E-state index >= 15 is 0 Å². The van der Waals surface area contributed by atoms with Gasteiger partial charge in [0, 0.05) is 31.4 Å². The summed E-state index contributed by atoms with van der Waals surface area (Å²) in [6, 6.07) is 3.77. The third-order valence-electron chi connectivity index (χ3n) is 3.39. The fourth-order valence-electron chi connectivity index (χ4n) is 2.03. The molecule has 1 aromatic rings. The van der Waals surface area contributed by atoms with Gasteiger partial charge in [-0.05, 0) is 31.5 Å². The van der Waals surface area contributed by atoms with Gasteiger partial charge in [-0.1, -0.05) is 0 Å². The Bertz CT molecular complexity index is 389.